The first-order chi connectivity index (χ1) is 18.4. The van der Waals surface area contributed by atoms with Gasteiger partial charge in [0, 0.05) is 34.6 Å². The Bertz CT molecular complexity index is 1480. The fourth-order valence-electron chi connectivity index (χ4n) is 4.44. The number of benzene rings is 3. The molecule has 0 bridgehead atoms. The second kappa shape index (κ2) is 11.0. The molecule has 1 aliphatic rings. The lowest BCUT2D eigenvalue weighted by atomic mass is 9.97. The van der Waals surface area contributed by atoms with Crippen molar-refractivity contribution in [3.8, 4) is 22.7 Å². The van der Waals surface area contributed by atoms with E-state index in [1.807, 2.05) is 85.1 Å². The highest BCUT2D eigenvalue weighted by molar-refractivity contribution is 9.10. The van der Waals surface area contributed by atoms with Gasteiger partial charge in [0.25, 0.3) is 0 Å². The lowest BCUT2D eigenvalue weighted by molar-refractivity contribution is -0.141. The SMILES string of the molecule is COc1ccc(-c2nn(-c3ccccc3)cc2C2=NN(C(=O)CCC(=O)O)[C@@H](c3ccc(Br)cc3)C2)cc1. The van der Waals surface area contributed by atoms with Crippen molar-refractivity contribution in [2.24, 2.45) is 5.10 Å². The molecule has 8 nitrogen and oxygen atoms in total. The van der Waals surface area contributed by atoms with Crippen LogP contribution in [-0.2, 0) is 9.59 Å². The van der Waals surface area contributed by atoms with Crippen molar-refractivity contribution in [2.75, 3.05) is 7.11 Å². The van der Waals surface area contributed by atoms with Gasteiger partial charge in [0.2, 0.25) is 5.91 Å². The van der Waals surface area contributed by atoms with Crippen molar-refractivity contribution in [3.05, 3.63) is 101 Å². The third-order valence-corrected chi connectivity index (χ3v) is 6.91. The van der Waals surface area contributed by atoms with Gasteiger partial charge in [-0.3, -0.25) is 9.59 Å². The van der Waals surface area contributed by atoms with Crippen molar-refractivity contribution in [1.82, 2.24) is 14.8 Å². The van der Waals surface area contributed by atoms with Crippen LogP contribution >= 0.6 is 15.9 Å². The molecule has 9 heteroatoms. The number of aliphatic carboxylic acids is 1. The molecule has 3 aromatic carbocycles. The Morgan fingerprint density at radius 1 is 1.00 bits per heavy atom. The van der Waals surface area contributed by atoms with E-state index in [-0.39, 0.29) is 24.8 Å². The summed E-state index contributed by atoms with van der Waals surface area (Å²) < 4.78 is 8.06. The topological polar surface area (TPSA) is 97.0 Å². The monoisotopic (exact) mass is 572 g/mol. The van der Waals surface area contributed by atoms with Gasteiger partial charge in [-0.05, 0) is 54.1 Å². The molecule has 38 heavy (non-hydrogen) atoms. The highest BCUT2D eigenvalue weighted by Crippen LogP contribution is 2.37. The van der Waals surface area contributed by atoms with Gasteiger partial charge >= 0.3 is 5.97 Å². The molecule has 192 valence electrons. The number of amides is 1. The largest absolute Gasteiger partial charge is 0.497 e. The lowest BCUT2D eigenvalue weighted by Crippen LogP contribution is -2.27. The summed E-state index contributed by atoms with van der Waals surface area (Å²) in [5.74, 6) is -0.619. The molecular weight excluding hydrogens is 548 g/mol. The second-order valence-electron chi connectivity index (χ2n) is 8.85. The van der Waals surface area contributed by atoms with Crippen LogP contribution in [0, 0.1) is 0 Å². The van der Waals surface area contributed by atoms with E-state index < -0.39 is 5.97 Å². The highest BCUT2D eigenvalue weighted by Gasteiger charge is 2.34. The predicted molar refractivity (Wildman–Crippen MR) is 147 cm³/mol. The van der Waals surface area contributed by atoms with Crippen LogP contribution < -0.4 is 4.74 Å². The molecule has 1 amide bonds. The maximum Gasteiger partial charge on any atom is 0.303 e. The van der Waals surface area contributed by atoms with E-state index in [1.54, 1.807) is 11.8 Å². The lowest BCUT2D eigenvalue weighted by Gasteiger charge is -2.22. The number of halogens is 1. The molecule has 1 aromatic heterocycles. The number of ether oxygens (including phenoxy) is 1. The molecular formula is C29H25BrN4O4. The first-order valence-electron chi connectivity index (χ1n) is 12.1. The number of aromatic nitrogens is 2. The fraction of sp³-hybridized carbons (Fsp3) is 0.172. The highest BCUT2D eigenvalue weighted by atomic mass is 79.9. The van der Waals surface area contributed by atoms with E-state index in [0.717, 1.165) is 38.3 Å². The van der Waals surface area contributed by atoms with Gasteiger partial charge in [0.15, 0.2) is 0 Å². The summed E-state index contributed by atoms with van der Waals surface area (Å²) in [5, 5.41) is 20.2. The number of carbonyl (C=O) groups is 2. The van der Waals surface area contributed by atoms with Crippen LogP contribution in [0.5, 0.6) is 5.75 Å². The zero-order valence-corrected chi connectivity index (χ0v) is 22.2. The normalized spacial score (nSPS) is 14.8. The first kappa shape index (κ1) is 25.4. The Hall–Kier alpha value is -4.24. The summed E-state index contributed by atoms with van der Waals surface area (Å²) in [5.41, 5.74) is 4.92. The number of carbonyl (C=O) groups excluding carboxylic acids is 1. The van der Waals surface area contributed by atoms with E-state index in [2.05, 4.69) is 15.9 Å². The zero-order chi connectivity index (χ0) is 26.6. The minimum absolute atomic E-state index is 0.131. The van der Waals surface area contributed by atoms with Crippen molar-refractivity contribution in [2.45, 2.75) is 25.3 Å². The van der Waals surface area contributed by atoms with E-state index >= 15 is 0 Å². The molecule has 0 unspecified atom stereocenters. The number of methoxy groups -OCH3 is 1. The molecule has 1 N–H and O–H groups in total. The van der Waals surface area contributed by atoms with Gasteiger partial charge in [0.1, 0.15) is 11.4 Å². The summed E-state index contributed by atoms with van der Waals surface area (Å²) in [6.45, 7) is 0. The van der Waals surface area contributed by atoms with Crippen LogP contribution in [0.25, 0.3) is 16.9 Å². The number of carboxylic acid groups (broad SMARTS) is 1. The molecule has 1 aliphatic heterocycles. The Morgan fingerprint density at radius 2 is 1.71 bits per heavy atom. The standard InChI is InChI=1S/C29H25BrN4O4/c1-38-23-13-9-20(10-14-23)29-24(18-33(32-29)22-5-3-2-4-6-22)25-17-26(19-7-11-21(30)12-8-19)34(31-25)27(35)15-16-28(36)37/h2-14,18,26H,15-17H2,1H3,(H,36,37)/t26-/m1/s1. The Labute approximate surface area is 228 Å². The number of hydrazone groups is 1. The van der Waals surface area contributed by atoms with Crippen LogP contribution in [0.1, 0.15) is 36.4 Å². The molecule has 0 radical (unpaired) electrons. The quantitative estimate of drug-likeness (QED) is 0.285. The molecule has 0 aliphatic carbocycles. The zero-order valence-electron chi connectivity index (χ0n) is 20.6. The van der Waals surface area contributed by atoms with Gasteiger partial charge in [-0.25, -0.2) is 9.69 Å². The van der Waals surface area contributed by atoms with Crippen molar-refractivity contribution in [3.63, 3.8) is 0 Å². The first-order valence-corrected chi connectivity index (χ1v) is 12.9. The van der Waals surface area contributed by atoms with Gasteiger partial charge in [-0.1, -0.05) is 46.3 Å². The van der Waals surface area contributed by atoms with Crippen LogP contribution in [0.15, 0.2) is 94.6 Å². The number of hydrogen-bond acceptors (Lipinski definition) is 5. The third-order valence-electron chi connectivity index (χ3n) is 6.38. The average molecular weight is 573 g/mol. The predicted octanol–water partition coefficient (Wildman–Crippen LogP) is 5.85. The number of nitrogens with zero attached hydrogens (tertiary/aromatic N) is 4. The summed E-state index contributed by atoms with van der Waals surface area (Å²) in [6, 6.07) is 24.8. The van der Waals surface area contributed by atoms with E-state index in [9.17, 15) is 9.59 Å². The Morgan fingerprint density at radius 3 is 2.37 bits per heavy atom. The molecule has 0 fully saturated rings. The summed E-state index contributed by atoms with van der Waals surface area (Å²) in [4.78, 5) is 24.3. The molecule has 0 spiro atoms. The minimum Gasteiger partial charge on any atom is -0.497 e. The smallest absolute Gasteiger partial charge is 0.303 e. The molecule has 2 heterocycles. The number of rotatable bonds is 8. The van der Waals surface area contributed by atoms with E-state index in [0.29, 0.717) is 12.1 Å². The number of hydrogen-bond donors (Lipinski definition) is 1. The van der Waals surface area contributed by atoms with Crippen molar-refractivity contribution >= 4 is 33.5 Å². The maximum atomic E-state index is 13.1. The number of carboxylic acids is 1. The third kappa shape index (κ3) is 5.38. The average Bonchev–Trinajstić information content (AvgIpc) is 3.58. The Kier molecular flexibility index (Phi) is 7.37. The molecule has 4 aromatic rings. The Balaban J connectivity index is 1.58. The molecule has 0 saturated carbocycles. The summed E-state index contributed by atoms with van der Waals surface area (Å²) in [6.07, 6.45) is 2.01. The van der Waals surface area contributed by atoms with Gasteiger partial charge < -0.3 is 9.84 Å². The minimum atomic E-state index is -1.02. The summed E-state index contributed by atoms with van der Waals surface area (Å²) in [7, 11) is 1.62. The molecule has 1 atom stereocenters. The fourth-order valence-corrected chi connectivity index (χ4v) is 4.70. The maximum absolute atomic E-state index is 13.1. The van der Waals surface area contributed by atoms with Crippen LogP contribution in [0.4, 0.5) is 0 Å². The summed E-state index contributed by atoms with van der Waals surface area (Å²) >= 11 is 3.46. The van der Waals surface area contributed by atoms with Crippen molar-refractivity contribution < 1.29 is 19.4 Å². The van der Waals surface area contributed by atoms with Crippen LogP contribution in [-0.4, -0.2) is 44.6 Å². The number of para-hydroxylation sites is 1. The van der Waals surface area contributed by atoms with Crippen LogP contribution in [0.3, 0.4) is 0 Å². The van der Waals surface area contributed by atoms with Gasteiger partial charge in [0.05, 0.1) is 31.0 Å². The second-order valence-corrected chi connectivity index (χ2v) is 9.77. The van der Waals surface area contributed by atoms with Crippen LogP contribution in [0.2, 0.25) is 0 Å². The van der Waals surface area contributed by atoms with E-state index in [1.165, 1.54) is 5.01 Å². The van der Waals surface area contributed by atoms with Crippen molar-refractivity contribution in [1.29, 1.82) is 0 Å². The molecule has 5 rings (SSSR count). The van der Waals surface area contributed by atoms with E-state index in [4.69, 9.17) is 20.0 Å². The van der Waals surface area contributed by atoms with Gasteiger partial charge in [-0.2, -0.15) is 10.2 Å². The van der Waals surface area contributed by atoms with Gasteiger partial charge in [-0.15, -0.1) is 0 Å². The molecule has 0 saturated heterocycles.